The van der Waals surface area contributed by atoms with Crippen LogP contribution in [0.3, 0.4) is 0 Å². The van der Waals surface area contributed by atoms with Gasteiger partial charge in [-0.1, -0.05) is 25.3 Å². The van der Waals surface area contributed by atoms with Crippen LogP contribution in [0.1, 0.15) is 48.5 Å². The quantitative estimate of drug-likeness (QED) is 0.757. The number of rotatable bonds is 6. The van der Waals surface area contributed by atoms with E-state index in [0.717, 1.165) is 25.7 Å². The molecule has 150 valence electrons. The third kappa shape index (κ3) is 4.82. The molecule has 1 aromatic heterocycles. The average molecular weight is 387 g/mol. The van der Waals surface area contributed by atoms with E-state index in [1.54, 1.807) is 24.1 Å². The molecule has 1 aliphatic rings. The van der Waals surface area contributed by atoms with Gasteiger partial charge in [0.2, 0.25) is 5.89 Å². The minimum Gasteiger partial charge on any atom is -0.497 e. The molecule has 8 nitrogen and oxygen atoms in total. The Hall–Kier alpha value is -3.03. The van der Waals surface area contributed by atoms with E-state index in [1.807, 2.05) is 12.1 Å². The predicted molar refractivity (Wildman–Crippen MR) is 102 cm³/mol. The Bertz CT molecular complexity index is 814. The molecule has 1 aliphatic carbocycles. The average Bonchev–Trinajstić information content (AvgIpc) is 3.21. The van der Waals surface area contributed by atoms with Crippen LogP contribution in [0, 0.1) is 0 Å². The summed E-state index contributed by atoms with van der Waals surface area (Å²) in [4.78, 5) is 30.5. The summed E-state index contributed by atoms with van der Waals surface area (Å²) < 4.78 is 15.3. The van der Waals surface area contributed by atoms with E-state index in [1.165, 1.54) is 19.8 Å². The van der Waals surface area contributed by atoms with E-state index in [4.69, 9.17) is 9.15 Å². The molecule has 8 heteroatoms. The van der Waals surface area contributed by atoms with E-state index < -0.39 is 5.97 Å². The molecule has 0 aliphatic heterocycles. The summed E-state index contributed by atoms with van der Waals surface area (Å²) in [6, 6.07) is 7.05. The summed E-state index contributed by atoms with van der Waals surface area (Å²) in [5.41, 5.74) is 0.738. The summed E-state index contributed by atoms with van der Waals surface area (Å²) in [5.74, 6) is 0.393. The molecule has 1 saturated carbocycles. The maximum absolute atomic E-state index is 13.0. The standard InChI is InChI=1S/C20H25N3O5/c1-26-16-10-6-7-14(11-16)21-20(25)23(15-8-4-3-5-9-15)12-18-22-17(13-28-18)19(24)27-2/h6-7,10-11,13,15H,3-5,8-9,12H2,1-2H3,(H,21,25). The molecule has 0 atom stereocenters. The fraction of sp³-hybridized carbons (Fsp3) is 0.450. The molecular weight excluding hydrogens is 362 g/mol. The van der Waals surface area contributed by atoms with E-state index in [9.17, 15) is 9.59 Å². The van der Waals surface area contributed by atoms with Gasteiger partial charge in [-0.3, -0.25) is 0 Å². The number of ether oxygens (including phenoxy) is 2. The highest BCUT2D eigenvalue weighted by molar-refractivity contribution is 5.90. The van der Waals surface area contributed by atoms with Gasteiger partial charge in [0.05, 0.1) is 20.8 Å². The normalized spacial score (nSPS) is 14.4. The van der Waals surface area contributed by atoms with Crippen molar-refractivity contribution in [3.8, 4) is 5.75 Å². The molecule has 1 heterocycles. The van der Waals surface area contributed by atoms with E-state index in [0.29, 0.717) is 17.3 Å². The maximum Gasteiger partial charge on any atom is 0.360 e. The zero-order valence-electron chi connectivity index (χ0n) is 16.1. The largest absolute Gasteiger partial charge is 0.497 e. The van der Waals surface area contributed by atoms with Crippen molar-refractivity contribution in [3.05, 3.63) is 42.1 Å². The number of carbonyl (C=O) groups is 2. The topological polar surface area (TPSA) is 93.9 Å². The summed E-state index contributed by atoms with van der Waals surface area (Å²) in [7, 11) is 2.86. The summed E-state index contributed by atoms with van der Waals surface area (Å²) in [6.45, 7) is 0.178. The van der Waals surface area contributed by atoms with Crippen molar-refractivity contribution in [2.24, 2.45) is 0 Å². The van der Waals surface area contributed by atoms with Crippen LogP contribution in [-0.4, -0.2) is 42.1 Å². The molecule has 0 saturated heterocycles. The Labute approximate surface area is 163 Å². The molecule has 0 radical (unpaired) electrons. The monoisotopic (exact) mass is 387 g/mol. The third-order valence-corrected chi connectivity index (χ3v) is 4.85. The molecule has 1 N–H and O–H groups in total. The highest BCUT2D eigenvalue weighted by atomic mass is 16.5. The number of oxazole rings is 1. The van der Waals surface area contributed by atoms with Gasteiger partial charge in [0.1, 0.15) is 12.0 Å². The smallest absolute Gasteiger partial charge is 0.360 e. The first kappa shape index (κ1) is 19.7. The Morgan fingerprint density at radius 1 is 1.25 bits per heavy atom. The van der Waals surface area contributed by atoms with Gasteiger partial charge >= 0.3 is 12.0 Å². The number of carbonyl (C=O) groups excluding carboxylic acids is 2. The zero-order valence-corrected chi connectivity index (χ0v) is 16.1. The second-order valence-corrected chi connectivity index (χ2v) is 6.70. The SMILES string of the molecule is COC(=O)c1coc(CN(C(=O)Nc2cccc(OC)c2)C2CCCCC2)n1. The predicted octanol–water partition coefficient (Wildman–Crippen LogP) is 3.84. The van der Waals surface area contributed by atoms with Gasteiger partial charge in [0, 0.05) is 17.8 Å². The molecular formula is C20H25N3O5. The van der Waals surface area contributed by atoms with Crippen molar-refractivity contribution < 1.29 is 23.5 Å². The fourth-order valence-corrected chi connectivity index (χ4v) is 3.38. The molecule has 0 unspecified atom stereocenters. The van der Waals surface area contributed by atoms with Crippen LogP contribution in [0.5, 0.6) is 5.75 Å². The number of urea groups is 1. The minimum absolute atomic E-state index is 0.0906. The second kappa shape index (κ2) is 9.25. The van der Waals surface area contributed by atoms with Crippen LogP contribution in [-0.2, 0) is 11.3 Å². The Morgan fingerprint density at radius 3 is 2.75 bits per heavy atom. The number of aromatic nitrogens is 1. The maximum atomic E-state index is 13.0. The van der Waals surface area contributed by atoms with Gasteiger partial charge in [0.25, 0.3) is 0 Å². The number of hydrogen-bond acceptors (Lipinski definition) is 6. The van der Waals surface area contributed by atoms with Gasteiger partial charge in [-0.15, -0.1) is 0 Å². The number of hydrogen-bond donors (Lipinski definition) is 1. The van der Waals surface area contributed by atoms with Gasteiger partial charge < -0.3 is 24.1 Å². The molecule has 0 bridgehead atoms. The Morgan fingerprint density at radius 2 is 2.04 bits per heavy atom. The fourth-order valence-electron chi connectivity index (χ4n) is 3.38. The van der Waals surface area contributed by atoms with Crippen LogP contribution in [0.4, 0.5) is 10.5 Å². The molecule has 1 aromatic carbocycles. The first-order valence-electron chi connectivity index (χ1n) is 9.35. The number of nitrogens with one attached hydrogen (secondary N) is 1. The number of methoxy groups -OCH3 is 2. The summed E-state index contributed by atoms with van der Waals surface area (Å²) in [6.07, 6.45) is 6.43. The molecule has 2 amide bonds. The molecule has 3 rings (SSSR count). The van der Waals surface area contributed by atoms with Crippen molar-refractivity contribution in [1.82, 2.24) is 9.88 Å². The van der Waals surface area contributed by atoms with E-state index in [2.05, 4.69) is 15.0 Å². The lowest BCUT2D eigenvalue weighted by atomic mass is 9.94. The summed E-state index contributed by atoms with van der Waals surface area (Å²) >= 11 is 0. The number of anilines is 1. The van der Waals surface area contributed by atoms with Gasteiger partial charge in [-0.25, -0.2) is 14.6 Å². The zero-order chi connectivity index (χ0) is 19.9. The van der Waals surface area contributed by atoms with Crippen LogP contribution in [0.2, 0.25) is 0 Å². The minimum atomic E-state index is -0.569. The molecule has 2 aromatic rings. The lowest BCUT2D eigenvalue weighted by molar-refractivity contribution is 0.0594. The highest BCUT2D eigenvalue weighted by Gasteiger charge is 2.27. The van der Waals surface area contributed by atoms with Crippen LogP contribution < -0.4 is 10.1 Å². The number of benzene rings is 1. The lowest BCUT2D eigenvalue weighted by Crippen LogP contribution is -2.43. The third-order valence-electron chi connectivity index (χ3n) is 4.85. The van der Waals surface area contributed by atoms with Crippen molar-refractivity contribution in [2.45, 2.75) is 44.7 Å². The van der Waals surface area contributed by atoms with Crippen molar-refractivity contribution >= 4 is 17.7 Å². The Kier molecular flexibility index (Phi) is 6.52. The van der Waals surface area contributed by atoms with Crippen molar-refractivity contribution in [3.63, 3.8) is 0 Å². The second-order valence-electron chi connectivity index (χ2n) is 6.70. The summed E-state index contributed by atoms with van der Waals surface area (Å²) in [5, 5.41) is 2.92. The first-order chi connectivity index (χ1) is 13.6. The highest BCUT2D eigenvalue weighted by Crippen LogP contribution is 2.25. The van der Waals surface area contributed by atoms with Gasteiger partial charge in [0.15, 0.2) is 5.69 Å². The van der Waals surface area contributed by atoms with Crippen LogP contribution in [0.25, 0.3) is 0 Å². The van der Waals surface area contributed by atoms with Gasteiger partial charge in [-0.05, 0) is 25.0 Å². The van der Waals surface area contributed by atoms with E-state index >= 15 is 0 Å². The number of amides is 2. The van der Waals surface area contributed by atoms with Crippen LogP contribution >= 0.6 is 0 Å². The number of esters is 1. The van der Waals surface area contributed by atoms with Crippen LogP contribution in [0.15, 0.2) is 34.9 Å². The molecule has 28 heavy (non-hydrogen) atoms. The van der Waals surface area contributed by atoms with E-state index in [-0.39, 0.29) is 24.3 Å². The Balaban J connectivity index is 1.76. The lowest BCUT2D eigenvalue weighted by Gasteiger charge is -2.33. The van der Waals surface area contributed by atoms with Crippen molar-refractivity contribution in [2.75, 3.05) is 19.5 Å². The molecule has 0 spiro atoms. The van der Waals surface area contributed by atoms with Gasteiger partial charge in [-0.2, -0.15) is 0 Å². The van der Waals surface area contributed by atoms with Crippen molar-refractivity contribution in [1.29, 1.82) is 0 Å². The molecule has 1 fully saturated rings. The first-order valence-corrected chi connectivity index (χ1v) is 9.35. The number of nitrogens with zero attached hydrogens (tertiary/aromatic N) is 2.